The number of rotatable bonds is 10. The minimum atomic E-state index is -4.32. The largest absolute Gasteiger partial charge is 0.416 e. The Hall–Kier alpha value is -3.06. The van der Waals surface area contributed by atoms with Gasteiger partial charge in [0.1, 0.15) is 0 Å². The second-order valence-corrected chi connectivity index (χ2v) is 9.80. The molecular weight excluding hydrogens is 475 g/mol. The van der Waals surface area contributed by atoms with E-state index in [1.54, 1.807) is 6.07 Å². The summed E-state index contributed by atoms with van der Waals surface area (Å²) in [5, 5.41) is 0. The third-order valence-corrected chi connectivity index (χ3v) is 7.22. The zero-order valence-corrected chi connectivity index (χ0v) is 21.7. The molecule has 0 N–H and O–H groups in total. The van der Waals surface area contributed by atoms with Crippen LogP contribution in [0.15, 0.2) is 60.7 Å². The summed E-state index contributed by atoms with van der Waals surface area (Å²) in [6.07, 6.45) is -1.05. The Labute approximate surface area is 217 Å². The highest BCUT2D eigenvalue weighted by Crippen LogP contribution is 2.32. The highest BCUT2D eigenvalue weighted by atomic mass is 19.4. The lowest BCUT2D eigenvalue weighted by atomic mass is 10.0. The summed E-state index contributed by atoms with van der Waals surface area (Å²) in [7, 11) is 0. The summed E-state index contributed by atoms with van der Waals surface area (Å²) in [5.41, 5.74) is 4.11. The molecule has 1 aliphatic rings. The van der Waals surface area contributed by atoms with Gasteiger partial charge in [0.2, 0.25) is 0 Å². The lowest BCUT2D eigenvalue weighted by Gasteiger charge is -2.36. The van der Waals surface area contributed by atoms with Crippen molar-refractivity contribution in [3.63, 3.8) is 0 Å². The van der Waals surface area contributed by atoms with Gasteiger partial charge in [-0.2, -0.15) is 13.2 Å². The number of hydrogen-bond donors (Lipinski definition) is 0. The molecule has 1 saturated heterocycles. The van der Waals surface area contributed by atoms with Crippen molar-refractivity contribution in [2.24, 2.45) is 0 Å². The van der Waals surface area contributed by atoms with Crippen LogP contribution >= 0.6 is 0 Å². The van der Waals surface area contributed by atoms with E-state index in [2.05, 4.69) is 34.6 Å². The molecule has 0 saturated carbocycles. The van der Waals surface area contributed by atoms with Crippen LogP contribution in [0.25, 0.3) is 11.3 Å². The molecule has 3 aromatic rings. The van der Waals surface area contributed by atoms with Crippen molar-refractivity contribution in [2.75, 3.05) is 37.6 Å². The number of carbonyl (C=O) groups is 1. The first-order chi connectivity index (χ1) is 17.8. The number of benzene rings is 2. The van der Waals surface area contributed by atoms with Gasteiger partial charge >= 0.3 is 6.18 Å². The SMILES string of the molecule is CCCn1c(-c2ccccc2)cc(C(=O)CCCCN2CCN(c3cccc(C(F)(F)F)c3)CC2)c1C. The Kier molecular flexibility index (Phi) is 8.75. The summed E-state index contributed by atoms with van der Waals surface area (Å²) in [4.78, 5) is 17.5. The van der Waals surface area contributed by atoms with E-state index in [0.717, 1.165) is 74.0 Å². The van der Waals surface area contributed by atoms with Crippen LogP contribution in [-0.2, 0) is 12.7 Å². The van der Waals surface area contributed by atoms with Gasteiger partial charge in [0, 0.05) is 61.8 Å². The van der Waals surface area contributed by atoms with Gasteiger partial charge < -0.3 is 9.47 Å². The number of halogens is 3. The third-order valence-electron chi connectivity index (χ3n) is 7.22. The number of unbranched alkanes of at least 4 members (excludes halogenated alkanes) is 1. The summed E-state index contributed by atoms with van der Waals surface area (Å²) in [6.45, 7) is 8.99. The fourth-order valence-electron chi connectivity index (χ4n) is 5.15. The van der Waals surface area contributed by atoms with Crippen LogP contribution in [-0.4, -0.2) is 48.0 Å². The van der Waals surface area contributed by atoms with Crippen molar-refractivity contribution in [3.05, 3.63) is 77.5 Å². The molecule has 2 heterocycles. The van der Waals surface area contributed by atoms with Crippen LogP contribution in [0.2, 0.25) is 0 Å². The van der Waals surface area contributed by atoms with Crippen molar-refractivity contribution in [1.29, 1.82) is 0 Å². The number of carbonyl (C=O) groups excluding carboxylic acids is 1. The van der Waals surface area contributed by atoms with E-state index in [-0.39, 0.29) is 5.78 Å². The van der Waals surface area contributed by atoms with Crippen LogP contribution < -0.4 is 4.90 Å². The second kappa shape index (κ2) is 12.0. The first kappa shape index (κ1) is 27.0. The van der Waals surface area contributed by atoms with Crippen LogP contribution in [0.3, 0.4) is 0 Å². The molecule has 37 heavy (non-hydrogen) atoms. The molecule has 1 aliphatic heterocycles. The molecule has 0 spiro atoms. The van der Waals surface area contributed by atoms with E-state index < -0.39 is 11.7 Å². The standard InChI is InChI=1S/C30H36F3N3O/c1-3-15-36-23(2)27(22-28(36)24-10-5-4-6-11-24)29(37)14-7-8-16-34-17-19-35(20-18-34)26-13-9-12-25(21-26)30(31,32)33/h4-6,9-13,21-22H,3,7-8,14-20H2,1-2H3. The molecule has 4 rings (SSSR count). The monoisotopic (exact) mass is 511 g/mol. The van der Waals surface area contributed by atoms with E-state index in [4.69, 9.17) is 0 Å². The Morgan fingerprint density at radius 1 is 0.892 bits per heavy atom. The predicted octanol–water partition coefficient (Wildman–Crippen LogP) is 7.07. The summed E-state index contributed by atoms with van der Waals surface area (Å²) >= 11 is 0. The maximum atomic E-state index is 13.1. The number of anilines is 1. The quantitative estimate of drug-likeness (QED) is 0.215. The highest BCUT2D eigenvalue weighted by Gasteiger charge is 2.31. The molecule has 0 bridgehead atoms. The number of Topliss-reactive ketones (excluding diaryl/α,β-unsaturated/α-hetero) is 1. The van der Waals surface area contributed by atoms with Gasteiger partial charge in [0.25, 0.3) is 0 Å². The lowest BCUT2D eigenvalue weighted by molar-refractivity contribution is -0.137. The molecule has 7 heteroatoms. The lowest BCUT2D eigenvalue weighted by Crippen LogP contribution is -2.46. The molecule has 198 valence electrons. The van der Waals surface area contributed by atoms with Gasteiger partial charge in [-0.25, -0.2) is 0 Å². The first-order valence-electron chi connectivity index (χ1n) is 13.2. The predicted molar refractivity (Wildman–Crippen MR) is 143 cm³/mol. The van der Waals surface area contributed by atoms with E-state index in [1.807, 2.05) is 30.0 Å². The maximum absolute atomic E-state index is 13.1. The molecule has 4 nitrogen and oxygen atoms in total. The Bertz CT molecular complexity index is 1180. The smallest absolute Gasteiger partial charge is 0.369 e. The maximum Gasteiger partial charge on any atom is 0.416 e. The van der Waals surface area contributed by atoms with E-state index in [0.29, 0.717) is 25.2 Å². The minimum Gasteiger partial charge on any atom is -0.369 e. The third kappa shape index (κ3) is 6.63. The highest BCUT2D eigenvalue weighted by molar-refractivity contribution is 5.98. The minimum absolute atomic E-state index is 0.193. The number of ketones is 1. The topological polar surface area (TPSA) is 28.5 Å². The van der Waals surface area contributed by atoms with E-state index in [1.165, 1.54) is 12.1 Å². The zero-order valence-electron chi connectivity index (χ0n) is 21.7. The van der Waals surface area contributed by atoms with Crippen LogP contribution in [0.1, 0.15) is 54.2 Å². The molecule has 1 fully saturated rings. The number of nitrogens with zero attached hydrogens (tertiary/aromatic N) is 3. The van der Waals surface area contributed by atoms with Gasteiger partial charge in [-0.15, -0.1) is 0 Å². The molecule has 0 radical (unpaired) electrons. The summed E-state index contributed by atoms with van der Waals surface area (Å²) in [6, 6.07) is 17.8. The first-order valence-corrected chi connectivity index (χ1v) is 13.2. The summed E-state index contributed by atoms with van der Waals surface area (Å²) in [5.74, 6) is 0.193. The number of piperazine rings is 1. The van der Waals surface area contributed by atoms with E-state index in [9.17, 15) is 18.0 Å². The van der Waals surface area contributed by atoms with Crippen LogP contribution in [0.5, 0.6) is 0 Å². The second-order valence-electron chi connectivity index (χ2n) is 9.80. The van der Waals surface area contributed by atoms with Crippen molar-refractivity contribution >= 4 is 11.5 Å². The van der Waals surface area contributed by atoms with Crippen molar-refractivity contribution in [3.8, 4) is 11.3 Å². The Balaban J connectivity index is 1.26. The molecule has 0 aliphatic carbocycles. The Morgan fingerprint density at radius 2 is 1.62 bits per heavy atom. The molecule has 1 aromatic heterocycles. The zero-order chi connectivity index (χ0) is 26.4. The van der Waals surface area contributed by atoms with Crippen LogP contribution in [0.4, 0.5) is 18.9 Å². The van der Waals surface area contributed by atoms with Gasteiger partial charge in [-0.1, -0.05) is 43.3 Å². The van der Waals surface area contributed by atoms with Gasteiger partial charge in [0.15, 0.2) is 5.78 Å². The summed E-state index contributed by atoms with van der Waals surface area (Å²) < 4.78 is 41.4. The average molecular weight is 512 g/mol. The van der Waals surface area contributed by atoms with Crippen molar-refractivity contribution < 1.29 is 18.0 Å². The normalized spacial score (nSPS) is 14.8. The van der Waals surface area contributed by atoms with Crippen molar-refractivity contribution in [2.45, 2.75) is 52.3 Å². The fourth-order valence-corrected chi connectivity index (χ4v) is 5.15. The molecule has 0 amide bonds. The van der Waals surface area contributed by atoms with Gasteiger partial charge in [0.05, 0.1) is 5.56 Å². The molecule has 0 unspecified atom stereocenters. The Morgan fingerprint density at radius 3 is 2.30 bits per heavy atom. The van der Waals surface area contributed by atoms with Crippen molar-refractivity contribution in [1.82, 2.24) is 9.47 Å². The molecular formula is C30H36F3N3O. The molecule has 0 atom stereocenters. The van der Waals surface area contributed by atoms with Gasteiger partial charge in [-0.05, 0) is 62.6 Å². The van der Waals surface area contributed by atoms with E-state index >= 15 is 0 Å². The number of hydrogen-bond acceptors (Lipinski definition) is 3. The molecule has 2 aromatic carbocycles. The number of alkyl halides is 3. The fraction of sp³-hybridized carbons (Fsp3) is 0.433. The average Bonchev–Trinajstić information content (AvgIpc) is 3.23. The number of aromatic nitrogens is 1. The van der Waals surface area contributed by atoms with Crippen LogP contribution in [0, 0.1) is 6.92 Å². The van der Waals surface area contributed by atoms with Gasteiger partial charge in [-0.3, -0.25) is 9.69 Å².